The Morgan fingerprint density at radius 3 is 1.79 bits per heavy atom. The van der Waals surface area contributed by atoms with Gasteiger partial charge in [0.2, 0.25) is 0 Å². The first kappa shape index (κ1) is 14.5. The van der Waals surface area contributed by atoms with Crippen LogP contribution in [-0.4, -0.2) is 0 Å². The van der Waals surface area contributed by atoms with E-state index in [1.54, 1.807) is 30.3 Å². The second-order valence-corrected chi connectivity index (χ2v) is 10.3. The van der Waals surface area contributed by atoms with E-state index < -0.39 is 72.5 Å². The Bertz CT molecular complexity index is 3160. The largest absolute Gasteiger partial charge is 0.456 e. The Balaban J connectivity index is 1.44. The van der Waals surface area contributed by atoms with Gasteiger partial charge in [0, 0.05) is 10.9 Å². The highest BCUT2D eigenvalue weighted by Gasteiger charge is 2.18. The molecule has 8 aromatic carbocycles. The van der Waals surface area contributed by atoms with E-state index in [1.165, 1.54) is 0 Å². The van der Waals surface area contributed by atoms with Crippen molar-refractivity contribution in [2.24, 2.45) is 0 Å². The smallest absolute Gasteiger partial charge is 0.135 e. The van der Waals surface area contributed by atoms with Gasteiger partial charge in [0.05, 0.1) is 17.8 Å². The zero-order valence-electron chi connectivity index (χ0n) is 35.4. The third kappa shape index (κ3) is 3.79. The van der Waals surface area contributed by atoms with E-state index in [4.69, 9.17) is 16.8 Å². The molecular weight excluding hydrogens is 520 g/mol. The Morgan fingerprint density at radius 2 is 1.02 bits per heavy atom. The van der Waals surface area contributed by atoms with Crippen LogP contribution in [0.2, 0.25) is 0 Å². The van der Waals surface area contributed by atoms with E-state index in [-0.39, 0.29) is 66.6 Å². The molecule has 0 aliphatic carbocycles. The minimum absolute atomic E-state index is 0.0228. The standard InChI is InChI=1S/C42H26O/c1-3-14-33-27(10-1)20-21-28-24-32(22-23-34(28)33)42-37-17-6-4-15-35(37)41(36-16-5-7-18-38(36)42)31-13-9-12-29(25-31)40-26-30-11-2-8-19-39(30)43-40/h1-26H/i2D,4D,5D,6D,7D,8D,11D,15D,16D,17D,18D,19D,26D. The lowest BCUT2D eigenvalue weighted by Crippen LogP contribution is -1.91. The summed E-state index contributed by atoms with van der Waals surface area (Å²) < 4.78 is 120. The summed E-state index contributed by atoms with van der Waals surface area (Å²) in [5, 5.41) is 3.84. The number of fused-ring (bicyclic) bond motifs is 6. The third-order valence-electron chi connectivity index (χ3n) is 7.92. The summed E-state index contributed by atoms with van der Waals surface area (Å²) in [5.74, 6) is -0.0772. The molecule has 0 unspecified atom stereocenters. The fraction of sp³-hybridized carbons (Fsp3) is 0. The first-order valence-electron chi connectivity index (χ1n) is 20.2. The summed E-state index contributed by atoms with van der Waals surface area (Å²) in [5.41, 5.74) is 1.15. The maximum Gasteiger partial charge on any atom is 0.135 e. The number of furan rings is 1. The maximum absolute atomic E-state index is 9.30. The maximum atomic E-state index is 9.30. The van der Waals surface area contributed by atoms with Crippen molar-refractivity contribution in [3.63, 3.8) is 0 Å². The van der Waals surface area contributed by atoms with Gasteiger partial charge >= 0.3 is 0 Å². The van der Waals surface area contributed by atoms with Crippen molar-refractivity contribution in [2.75, 3.05) is 0 Å². The van der Waals surface area contributed by atoms with E-state index in [2.05, 4.69) is 0 Å². The fourth-order valence-corrected chi connectivity index (χ4v) is 6.02. The van der Waals surface area contributed by atoms with Crippen LogP contribution >= 0.6 is 0 Å². The zero-order valence-corrected chi connectivity index (χ0v) is 22.4. The molecule has 0 radical (unpaired) electrons. The highest BCUT2D eigenvalue weighted by molar-refractivity contribution is 6.22. The highest BCUT2D eigenvalue weighted by atomic mass is 16.3. The predicted octanol–water partition coefficient (Wildman–Crippen LogP) is 12.0. The van der Waals surface area contributed by atoms with Gasteiger partial charge in [0.25, 0.3) is 0 Å². The average Bonchev–Trinajstić information content (AvgIpc) is 3.57. The molecule has 0 saturated carbocycles. The molecular formula is C42H26O. The van der Waals surface area contributed by atoms with E-state index in [1.807, 2.05) is 48.5 Å². The van der Waals surface area contributed by atoms with Gasteiger partial charge in [0.15, 0.2) is 0 Å². The molecule has 9 aromatic rings. The molecule has 1 aromatic heterocycles. The molecule has 1 heterocycles. The summed E-state index contributed by atoms with van der Waals surface area (Å²) in [6, 6.07) is 17.8. The Kier molecular flexibility index (Phi) is 3.18. The molecule has 200 valence electrons. The number of benzene rings is 8. The lowest BCUT2D eigenvalue weighted by Gasteiger charge is -2.18. The number of hydrogen-bond donors (Lipinski definition) is 0. The molecule has 1 heteroatoms. The van der Waals surface area contributed by atoms with E-state index in [0.717, 1.165) is 21.5 Å². The molecule has 0 saturated heterocycles. The normalized spacial score (nSPS) is 16.0. The van der Waals surface area contributed by atoms with E-state index in [9.17, 15) is 5.48 Å². The van der Waals surface area contributed by atoms with Crippen LogP contribution in [0.5, 0.6) is 0 Å². The second kappa shape index (κ2) is 9.44. The monoisotopic (exact) mass is 559 g/mol. The van der Waals surface area contributed by atoms with Gasteiger partial charge in [-0.2, -0.15) is 0 Å². The molecule has 0 aliphatic heterocycles. The van der Waals surface area contributed by atoms with E-state index in [0.29, 0.717) is 5.56 Å². The quantitative estimate of drug-likeness (QED) is 0.155. The minimum atomic E-state index is -0.537. The lowest BCUT2D eigenvalue weighted by molar-refractivity contribution is 0.631. The molecule has 9 rings (SSSR count). The van der Waals surface area contributed by atoms with Crippen LogP contribution in [0.1, 0.15) is 17.8 Å². The van der Waals surface area contributed by atoms with Gasteiger partial charge in [0.1, 0.15) is 11.3 Å². The fourth-order valence-electron chi connectivity index (χ4n) is 6.02. The van der Waals surface area contributed by atoms with Crippen LogP contribution in [-0.2, 0) is 0 Å². The Morgan fingerprint density at radius 1 is 0.419 bits per heavy atom. The average molecular weight is 560 g/mol. The first-order valence-corrected chi connectivity index (χ1v) is 13.7. The van der Waals surface area contributed by atoms with Crippen LogP contribution in [0.25, 0.3) is 87.6 Å². The molecule has 0 aliphatic rings. The molecule has 0 N–H and O–H groups in total. The van der Waals surface area contributed by atoms with Crippen LogP contribution in [0.4, 0.5) is 0 Å². The van der Waals surface area contributed by atoms with Crippen LogP contribution in [0.15, 0.2) is 162 Å². The van der Waals surface area contributed by atoms with Gasteiger partial charge in [-0.15, -0.1) is 0 Å². The van der Waals surface area contributed by atoms with Gasteiger partial charge in [-0.3, -0.25) is 0 Å². The van der Waals surface area contributed by atoms with Crippen molar-refractivity contribution < 1.29 is 22.2 Å². The molecule has 1 nitrogen and oxygen atoms in total. The highest BCUT2D eigenvalue weighted by Crippen LogP contribution is 2.45. The number of hydrogen-bond acceptors (Lipinski definition) is 1. The third-order valence-corrected chi connectivity index (χ3v) is 7.92. The molecule has 0 fully saturated rings. The summed E-state index contributed by atoms with van der Waals surface area (Å²) >= 11 is 0. The Hall–Kier alpha value is -5.66. The predicted molar refractivity (Wildman–Crippen MR) is 183 cm³/mol. The number of para-hydroxylation sites is 1. The van der Waals surface area contributed by atoms with Crippen molar-refractivity contribution in [3.05, 3.63) is 157 Å². The zero-order chi connectivity index (χ0) is 39.6. The Labute approximate surface area is 267 Å². The van der Waals surface area contributed by atoms with Crippen LogP contribution in [0, 0.1) is 0 Å². The summed E-state index contributed by atoms with van der Waals surface area (Å²) in [7, 11) is 0. The molecule has 43 heavy (non-hydrogen) atoms. The number of rotatable bonds is 3. The van der Waals surface area contributed by atoms with Gasteiger partial charge in [-0.05, 0) is 89.6 Å². The molecule has 0 amide bonds. The van der Waals surface area contributed by atoms with E-state index >= 15 is 0 Å². The van der Waals surface area contributed by atoms with Crippen molar-refractivity contribution in [1.82, 2.24) is 0 Å². The SMILES string of the molecule is [2H]c1c([2H])c([2H])c2c([2H])c(-c3cccc(-c4c5c([2H])c([2H])c([2H])c([2H])c5c(-c5ccc6c(ccc7ccccc76)c5)c5c([2H])c([2H])c([2H])c([2H])c45)c3)oc2c1[2H]. The minimum Gasteiger partial charge on any atom is -0.456 e. The summed E-state index contributed by atoms with van der Waals surface area (Å²) in [6.45, 7) is 0. The van der Waals surface area contributed by atoms with Gasteiger partial charge in [-0.25, -0.2) is 0 Å². The van der Waals surface area contributed by atoms with Crippen molar-refractivity contribution in [2.45, 2.75) is 0 Å². The van der Waals surface area contributed by atoms with Crippen LogP contribution in [0.3, 0.4) is 0 Å². The molecule has 0 spiro atoms. The lowest BCUT2D eigenvalue weighted by atomic mass is 9.85. The first-order chi connectivity index (χ1) is 26.7. The molecule has 0 atom stereocenters. The van der Waals surface area contributed by atoms with Gasteiger partial charge < -0.3 is 4.42 Å². The summed E-state index contributed by atoms with van der Waals surface area (Å²) in [4.78, 5) is 0. The van der Waals surface area contributed by atoms with Crippen LogP contribution < -0.4 is 0 Å². The van der Waals surface area contributed by atoms with Crippen molar-refractivity contribution in [3.8, 4) is 33.6 Å². The van der Waals surface area contributed by atoms with Gasteiger partial charge in [-0.1, -0.05) is 133 Å². The second-order valence-electron chi connectivity index (χ2n) is 10.3. The van der Waals surface area contributed by atoms with Crippen molar-refractivity contribution >= 4 is 54.1 Å². The summed E-state index contributed by atoms with van der Waals surface area (Å²) in [6.07, 6.45) is 0. The van der Waals surface area contributed by atoms with Crippen molar-refractivity contribution in [1.29, 1.82) is 0 Å². The molecule has 0 bridgehead atoms. The topological polar surface area (TPSA) is 13.1 Å².